The Bertz CT molecular complexity index is 899. The molecule has 1 fully saturated rings. The first-order chi connectivity index (χ1) is 14.3. The van der Waals surface area contributed by atoms with Gasteiger partial charge in [0, 0.05) is 18.7 Å². The topological polar surface area (TPSA) is 55.8 Å². The number of benzene rings is 2. The Kier molecular flexibility index (Phi) is 6.89. The quantitative estimate of drug-likeness (QED) is 0.528. The van der Waals surface area contributed by atoms with E-state index in [1.807, 2.05) is 0 Å². The van der Waals surface area contributed by atoms with Crippen molar-refractivity contribution >= 4 is 17.8 Å². The lowest BCUT2D eigenvalue weighted by Crippen LogP contribution is -2.42. The molecule has 1 aliphatic heterocycles. The molecule has 0 saturated carbocycles. The molecule has 0 unspecified atom stereocenters. The minimum atomic E-state index is -4.39. The number of allylic oxidation sites excluding steroid dienone is 1. The van der Waals surface area contributed by atoms with Crippen molar-refractivity contribution in [3.63, 3.8) is 0 Å². The summed E-state index contributed by atoms with van der Waals surface area (Å²) in [5, 5.41) is 0. The Morgan fingerprint density at radius 1 is 1.00 bits per heavy atom. The van der Waals surface area contributed by atoms with Gasteiger partial charge in [0.1, 0.15) is 5.75 Å². The van der Waals surface area contributed by atoms with Gasteiger partial charge in [-0.25, -0.2) is 0 Å². The molecular weight excluding hydrogens is 399 g/mol. The van der Waals surface area contributed by atoms with E-state index in [-0.39, 0.29) is 18.3 Å². The lowest BCUT2D eigenvalue weighted by atomic mass is 10.1. The second-order valence-corrected chi connectivity index (χ2v) is 6.62. The molecular formula is C22H20F3NO4. The van der Waals surface area contributed by atoms with Crippen LogP contribution >= 0.6 is 0 Å². The maximum Gasteiger partial charge on any atom is 0.416 e. The SMILES string of the molecule is O=C(/C=C/c1ccc(C(F)(F)F)cc1)c1ccc(OCC(=O)N2CCOCC2)cc1. The van der Waals surface area contributed by atoms with Crippen molar-refractivity contribution in [1.29, 1.82) is 0 Å². The van der Waals surface area contributed by atoms with Gasteiger partial charge in [-0.05, 0) is 48.0 Å². The van der Waals surface area contributed by atoms with Crippen molar-refractivity contribution in [1.82, 2.24) is 4.90 Å². The van der Waals surface area contributed by atoms with Gasteiger partial charge in [-0.15, -0.1) is 0 Å². The maximum atomic E-state index is 12.6. The summed E-state index contributed by atoms with van der Waals surface area (Å²) in [6.07, 6.45) is -1.65. The Morgan fingerprint density at radius 2 is 1.63 bits per heavy atom. The van der Waals surface area contributed by atoms with Gasteiger partial charge in [0.15, 0.2) is 12.4 Å². The number of rotatable bonds is 6. The van der Waals surface area contributed by atoms with E-state index in [2.05, 4.69) is 0 Å². The number of hydrogen-bond donors (Lipinski definition) is 0. The van der Waals surface area contributed by atoms with E-state index >= 15 is 0 Å². The second-order valence-electron chi connectivity index (χ2n) is 6.62. The fraction of sp³-hybridized carbons (Fsp3) is 0.273. The molecule has 0 N–H and O–H groups in total. The highest BCUT2D eigenvalue weighted by Gasteiger charge is 2.29. The molecule has 0 bridgehead atoms. The number of morpholine rings is 1. The molecule has 8 heteroatoms. The van der Waals surface area contributed by atoms with E-state index in [0.29, 0.717) is 43.2 Å². The number of amides is 1. The van der Waals surface area contributed by atoms with Crippen LogP contribution in [-0.4, -0.2) is 49.5 Å². The summed E-state index contributed by atoms with van der Waals surface area (Å²) < 4.78 is 48.4. The van der Waals surface area contributed by atoms with Crippen molar-refractivity contribution in [2.45, 2.75) is 6.18 Å². The Labute approximate surface area is 171 Å². The Hall–Kier alpha value is -3.13. The summed E-state index contributed by atoms with van der Waals surface area (Å²) in [7, 11) is 0. The van der Waals surface area contributed by atoms with Gasteiger partial charge >= 0.3 is 6.18 Å². The molecule has 0 spiro atoms. The normalized spacial score (nSPS) is 14.7. The van der Waals surface area contributed by atoms with Crippen molar-refractivity contribution in [2.75, 3.05) is 32.9 Å². The van der Waals surface area contributed by atoms with Crippen molar-refractivity contribution in [3.05, 3.63) is 71.3 Å². The van der Waals surface area contributed by atoms with Crippen molar-refractivity contribution in [3.8, 4) is 5.75 Å². The lowest BCUT2D eigenvalue weighted by molar-refractivity contribution is -0.138. The average molecular weight is 419 g/mol. The molecule has 5 nitrogen and oxygen atoms in total. The van der Waals surface area contributed by atoms with Crippen LogP contribution in [0.15, 0.2) is 54.6 Å². The zero-order valence-electron chi connectivity index (χ0n) is 16.0. The molecule has 30 heavy (non-hydrogen) atoms. The van der Waals surface area contributed by atoms with Gasteiger partial charge in [0.25, 0.3) is 5.91 Å². The van der Waals surface area contributed by atoms with E-state index in [4.69, 9.17) is 9.47 Å². The predicted molar refractivity (Wildman–Crippen MR) is 104 cm³/mol. The summed E-state index contributed by atoms with van der Waals surface area (Å²) in [5.74, 6) is 0.0312. The molecule has 2 aromatic carbocycles. The minimum absolute atomic E-state index is 0.0961. The van der Waals surface area contributed by atoms with E-state index in [1.165, 1.54) is 24.3 Å². The number of halogens is 3. The Morgan fingerprint density at radius 3 is 2.23 bits per heavy atom. The number of ether oxygens (including phenoxy) is 2. The maximum absolute atomic E-state index is 12.6. The van der Waals surface area contributed by atoms with Gasteiger partial charge in [0.2, 0.25) is 0 Å². The monoisotopic (exact) mass is 419 g/mol. The van der Waals surface area contributed by atoms with Crippen LogP contribution in [0.1, 0.15) is 21.5 Å². The zero-order valence-corrected chi connectivity index (χ0v) is 16.0. The van der Waals surface area contributed by atoms with E-state index in [1.54, 1.807) is 29.2 Å². The third-order valence-corrected chi connectivity index (χ3v) is 4.53. The van der Waals surface area contributed by atoms with Crippen LogP contribution in [0, 0.1) is 0 Å². The molecule has 158 valence electrons. The molecule has 1 aliphatic rings. The van der Waals surface area contributed by atoms with Gasteiger partial charge in [0.05, 0.1) is 18.8 Å². The molecule has 0 atom stereocenters. The highest BCUT2D eigenvalue weighted by Crippen LogP contribution is 2.29. The van der Waals surface area contributed by atoms with E-state index < -0.39 is 11.7 Å². The number of nitrogens with zero attached hydrogens (tertiary/aromatic N) is 1. The van der Waals surface area contributed by atoms with Crippen LogP contribution in [0.3, 0.4) is 0 Å². The smallest absolute Gasteiger partial charge is 0.416 e. The lowest BCUT2D eigenvalue weighted by Gasteiger charge is -2.26. The molecule has 2 aromatic rings. The van der Waals surface area contributed by atoms with Crippen molar-refractivity contribution < 1.29 is 32.2 Å². The number of carbonyl (C=O) groups excluding carboxylic acids is 2. The van der Waals surface area contributed by atoms with Crippen LogP contribution in [-0.2, 0) is 15.7 Å². The van der Waals surface area contributed by atoms with Crippen molar-refractivity contribution in [2.24, 2.45) is 0 Å². The van der Waals surface area contributed by atoms with Crippen LogP contribution in [0.2, 0.25) is 0 Å². The standard InChI is InChI=1S/C22H20F3NO4/c23-22(24,25)18-6-1-16(2-7-18)3-10-20(27)17-4-8-19(9-5-17)30-15-21(28)26-11-13-29-14-12-26/h1-10H,11-15H2/b10-3+. The summed E-state index contributed by atoms with van der Waals surface area (Å²) >= 11 is 0. The molecule has 0 aliphatic carbocycles. The number of ketones is 1. The van der Waals surface area contributed by atoms with Crippen LogP contribution in [0.25, 0.3) is 6.08 Å². The number of carbonyl (C=O) groups is 2. The van der Waals surface area contributed by atoms with Gasteiger partial charge in [-0.1, -0.05) is 18.2 Å². The number of hydrogen-bond acceptors (Lipinski definition) is 4. The predicted octanol–water partition coefficient (Wildman–Crippen LogP) is 3.84. The third-order valence-electron chi connectivity index (χ3n) is 4.53. The summed E-state index contributed by atoms with van der Waals surface area (Å²) in [6.45, 7) is 2.02. The molecule has 3 rings (SSSR count). The highest BCUT2D eigenvalue weighted by atomic mass is 19.4. The fourth-order valence-corrected chi connectivity index (χ4v) is 2.82. The first-order valence-electron chi connectivity index (χ1n) is 9.31. The first kappa shape index (κ1) is 21.6. The van der Waals surface area contributed by atoms with Crippen LogP contribution in [0.5, 0.6) is 5.75 Å². The second kappa shape index (κ2) is 9.58. The molecule has 1 heterocycles. The first-order valence-corrected chi connectivity index (χ1v) is 9.31. The Balaban J connectivity index is 1.53. The minimum Gasteiger partial charge on any atom is -0.484 e. The average Bonchev–Trinajstić information content (AvgIpc) is 2.76. The fourth-order valence-electron chi connectivity index (χ4n) is 2.82. The van der Waals surface area contributed by atoms with Crippen LogP contribution < -0.4 is 4.74 Å². The van der Waals surface area contributed by atoms with Gasteiger partial charge in [-0.3, -0.25) is 9.59 Å². The molecule has 1 saturated heterocycles. The summed E-state index contributed by atoms with van der Waals surface area (Å²) in [5.41, 5.74) is 0.136. The summed E-state index contributed by atoms with van der Waals surface area (Å²) in [6, 6.07) is 10.8. The summed E-state index contributed by atoms with van der Waals surface area (Å²) in [4.78, 5) is 26.0. The third kappa shape index (κ3) is 5.93. The van der Waals surface area contributed by atoms with E-state index in [0.717, 1.165) is 12.1 Å². The number of alkyl halides is 3. The van der Waals surface area contributed by atoms with Crippen LogP contribution in [0.4, 0.5) is 13.2 Å². The molecule has 0 aromatic heterocycles. The molecule has 1 amide bonds. The largest absolute Gasteiger partial charge is 0.484 e. The van der Waals surface area contributed by atoms with E-state index in [9.17, 15) is 22.8 Å². The highest BCUT2D eigenvalue weighted by molar-refractivity contribution is 6.06. The zero-order chi connectivity index (χ0) is 21.6. The van der Waals surface area contributed by atoms with Gasteiger partial charge in [-0.2, -0.15) is 13.2 Å². The van der Waals surface area contributed by atoms with Gasteiger partial charge < -0.3 is 14.4 Å². The molecule has 0 radical (unpaired) electrons.